The molecule has 0 aliphatic heterocycles. The van der Waals surface area contributed by atoms with E-state index in [4.69, 9.17) is 0 Å². The molecule has 0 radical (unpaired) electrons. The minimum Gasteiger partial charge on any atom is -0.326 e. The van der Waals surface area contributed by atoms with Crippen LogP contribution in [0, 0.1) is 11.8 Å². The first-order chi connectivity index (χ1) is 9.63. The molecule has 20 heavy (non-hydrogen) atoms. The number of amides is 1. The van der Waals surface area contributed by atoms with Crippen molar-refractivity contribution in [2.24, 2.45) is 11.8 Å². The monoisotopic (exact) mass is 274 g/mol. The number of rotatable bonds is 5. The summed E-state index contributed by atoms with van der Waals surface area (Å²) in [7, 11) is 0. The van der Waals surface area contributed by atoms with E-state index in [9.17, 15) is 4.79 Å². The van der Waals surface area contributed by atoms with E-state index < -0.39 is 0 Å². The van der Waals surface area contributed by atoms with Crippen molar-refractivity contribution < 1.29 is 4.79 Å². The average Bonchev–Trinajstić information content (AvgIpc) is 2.40. The second-order valence-corrected chi connectivity index (χ2v) is 6.15. The Hall–Kier alpha value is -1.35. The fraction of sp³-hybridized carbons (Fsp3) is 0.588. The van der Waals surface area contributed by atoms with Gasteiger partial charge in [-0.2, -0.15) is 0 Å². The fourth-order valence-corrected chi connectivity index (χ4v) is 3.07. The van der Waals surface area contributed by atoms with E-state index in [1.807, 2.05) is 12.1 Å². The molecule has 1 saturated carbocycles. The number of carbonyl (C=O) groups is 1. The van der Waals surface area contributed by atoms with Crippen LogP contribution >= 0.6 is 0 Å². The van der Waals surface area contributed by atoms with E-state index in [2.05, 4.69) is 29.7 Å². The van der Waals surface area contributed by atoms with Gasteiger partial charge in [-0.1, -0.05) is 31.9 Å². The number of anilines is 1. The highest BCUT2D eigenvalue weighted by molar-refractivity contribution is 5.88. The SMILES string of the molecule is CC(=O)Nc1ccc(CNCC2CCCC(C)C2)cc1. The lowest BCUT2D eigenvalue weighted by atomic mass is 9.82. The van der Waals surface area contributed by atoms with Crippen molar-refractivity contribution >= 4 is 11.6 Å². The van der Waals surface area contributed by atoms with Gasteiger partial charge in [0.15, 0.2) is 0 Å². The predicted octanol–water partition coefficient (Wildman–Crippen LogP) is 3.56. The third-order valence-corrected chi connectivity index (χ3v) is 4.08. The van der Waals surface area contributed by atoms with Crippen LogP contribution in [0.2, 0.25) is 0 Å². The quantitative estimate of drug-likeness (QED) is 0.862. The molecule has 1 aliphatic carbocycles. The van der Waals surface area contributed by atoms with Gasteiger partial charge in [-0.25, -0.2) is 0 Å². The summed E-state index contributed by atoms with van der Waals surface area (Å²) in [6, 6.07) is 8.06. The molecule has 2 N–H and O–H groups in total. The molecule has 1 aliphatic rings. The summed E-state index contributed by atoms with van der Waals surface area (Å²) in [5.41, 5.74) is 2.13. The van der Waals surface area contributed by atoms with Crippen molar-refractivity contribution in [1.82, 2.24) is 5.32 Å². The molecular weight excluding hydrogens is 248 g/mol. The summed E-state index contributed by atoms with van der Waals surface area (Å²) >= 11 is 0. The van der Waals surface area contributed by atoms with E-state index in [1.165, 1.54) is 38.2 Å². The Labute approximate surface area is 122 Å². The Morgan fingerprint density at radius 1 is 1.25 bits per heavy atom. The zero-order valence-corrected chi connectivity index (χ0v) is 12.6. The van der Waals surface area contributed by atoms with Gasteiger partial charge >= 0.3 is 0 Å². The molecule has 0 heterocycles. The molecule has 1 amide bonds. The van der Waals surface area contributed by atoms with Crippen molar-refractivity contribution in [3.8, 4) is 0 Å². The Bertz CT molecular complexity index is 427. The van der Waals surface area contributed by atoms with Crippen LogP contribution in [0.5, 0.6) is 0 Å². The van der Waals surface area contributed by atoms with Gasteiger partial charge in [-0.05, 0) is 48.9 Å². The molecule has 0 bridgehead atoms. The summed E-state index contributed by atoms with van der Waals surface area (Å²) in [6.07, 6.45) is 5.54. The van der Waals surface area contributed by atoms with Crippen LogP contribution in [0.25, 0.3) is 0 Å². The molecular formula is C17H26N2O. The first kappa shape index (κ1) is 15.0. The number of benzene rings is 1. The lowest BCUT2D eigenvalue weighted by Gasteiger charge is -2.26. The summed E-state index contributed by atoms with van der Waals surface area (Å²) < 4.78 is 0. The number of hydrogen-bond donors (Lipinski definition) is 2. The topological polar surface area (TPSA) is 41.1 Å². The molecule has 0 spiro atoms. The molecule has 0 aromatic heterocycles. The normalized spacial score (nSPS) is 22.5. The zero-order valence-electron chi connectivity index (χ0n) is 12.6. The first-order valence-electron chi connectivity index (χ1n) is 7.70. The minimum absolute atomic E-state index is 0.0257. The standard InChI is InChI=1S/C17H26N2O/c1-13-4-3-5-16(10-13)12-18-11-15-6-8-17(9-7-15)19-14(2)20/h6-9,13,16,18H,3-5,10-12H2,1-2H3,(H,19,20). The molecule has 1 aromatic carbocycles. The van der Waals surface area contributed by atoms with Gasteiger partial charge in [0.25, 0.3) is 0 Å². The van der Waals surface area contributed by atoms with E-state index in [0.29, 0.717) is 0 Å². The van der Waals surface area contributed by atoms with Crippen molar-refractivity contribution in [2.75, 3.05) is 11.9 Å². The highest BCUT2D eigenvalue weighted by Gasteiger charge is 2.18. The van der Waals surface area contributed by atoms with Crippen LogP contribution in [-0.2, 0) is 11.3 Å². The van der Waals surface area contributed by atoms with Crippen molar-refractivity contribution in [3.63, 3.8) is 0 Å². The maximum atomic E-state index is 10.9. The summed E-state index contributed by atoms with van der Waals surface area (Å²) in [4.78, 5) is 10.9. The van der Waals surface area contributed by atoms with E-state index in [-0.39, 0.29) is 5.91 Å². The smallest absolute Gasteiger partial charge is 0.221 e. The second kappa shape index (κ2) is 7.44. The van der Waals surface area contributed by atoms with Gasteiger partial charge in [-0.15, -0.1) is 0 Å². The molecule has 0 saturated heterocycles. The Kier molecular flexibility index (Phi) is 5.60. The van der Waals surface area contributed by atoms with Crippen molar-refractivity contribution in [3.05, 3.63) is 29.8 Å². The van der Waals surface area contributed by atoms with E-state index in [1.54, 1.807) is 0 Å². The van der Waals surface area contributed by atoms with E-state index in [0.717, 1.165) is 30.6 Å². The Balaban J connectivity index is 1.72. The Morgan fingerprint density at radius 2 is 2.00 bits per heavy atom. The number of hydrogen-bond acceptors (Lipinski definition) is 2. The highest BCUT2D eigenvalue weighted by Crippen LogP contribution is 2.27. The highest BCUT2D eigenvalue weighted by atomic mass is 16.1. The number of carbonyl (C=O) groups excluding carboxylic acids is 1. The van der Waals surface area contributed by atoms with Crippen molar-refractivity contribution in [2.45, 2.75) is 46.1 Å². The molecule has 2 unspecified atom stereocenters. The van der Waals surface area contributed by atoms with Gasteiger partial charge in [0.05, 0.1) is 0 Å². The van der Waals surface area contributed by atoms with Crippen molar-refractivity contribution in [1.29, 1.82) is 0 Å². The summed E-state index contributed by atoms with van der Waals surface area (Å²) in [5.74, 6) is 1.71. The maximum absolute atomic E-state index is 10.9. The van der Waals surface area contributed by atoms with Crippen LogP contribution in [0.4, 0.5) is 5.69 Å². The third kappa shape index (κ3) is 4.97. The van der Waals surface area contributed by atoms with Gasteiger partial charge < -0.3 is 10.6 Å². The largest absolute Gasteiger partial charge is 0.326 e. The van der Waals surface area contributed by atoms with Crippen LogP contribution in [0.15, 0.2) is 24.3 Å². The van der Waals surface area contributed by atoms with Gasteiger partial charge in [0, 0.05) is 19.2 Å². The van der Waals surface area contributed by atoms with Crippen LogP contribution in [0.1, 0.15) is 45.1 Å². The lowest BCUT2D eigenvalue weighted by molar-refractivity contribution is -0.114. The average molecular weight is 274 g/mol. The van der Waals surface area contributed by atoms with Crippen LogP contribution in [0.3, 0.4) is 0 Å². The maximum Gasteiger partial charge on any atom is 0.221 e. The summed E-state index contributed by atoms with van der Waals surface area (Å²) in [6.45, 7) is 5.93. The molecule has 110 valence electrons. The summed E-state index contributed by atoms with van der Waals surface area (Å²) in [5, 5.41) is 6.35. The van der Waals surface area contributed by atoms with Gasteiger partial charge in [0.2, 0.25) is 5.91 Å². The lowest BCUT2D eigenvalue weighted by Crippen LogP contribution is -2.26. The van der Waals surface area contributed by atoms with Crippen LogP contribution in [-0.4, -0.2) is 12.5 Å². The molecule has 1 fully saturated rings. The molecule has 1 aromatic rings. The molecule has 2 rings (SSSR count). The number of nitrogens with one attached hydrogen (secondary N) is 2. The first-order valence-corrected chi connectivity index (χ1v) is 7.70. The Morgan fingerprint density at radius 3 is 2.65 bits per heavy atom. The van der Waals surface area contributed by atoms with Gasteiger partial charge in [-0.3, -0.25) is 4.79 Å². The molecule has 3 heteroatoms. The molecule has 3 nitrogen and oxygen atoms in total. The third-order valence-electron chi connectivity index (χ3n) is 4.08. The van der Waals surface area contributed by atoms with E-state index >= 15 is 0 Å². The minimum atomic E-state index is -0.0257. The predicted molar refractivity (Wildman–Crippen MR) is 83.6 cm³/mol. The van der Waals surface area contributed by atoms with Crippen LogP contribution < -0.4 is 10.6 Å². The van der Waals surface area contributed by atoms with Gasteiger partial charge in [0.1, 0.15) is 0 Å². The fourth-order valence-electron chi connectivity index (χ4n) is 3.07. The molecule has 2 atom stereocenters. The second-order valence-electron chi connectivity index (χ2n) is 6.15. The zero-order chi connectivity index (χ0) is 14.4.